The number of halogens is 3. The quantitative estimate of drug-likeness (QED) is 0.223. The van der Waals surface area contributed by atoms with E-state index in [0.717, 1.165) is 6.54 Å². The van der Waals surface area contributed by atoms with Gasteiger partial charge < -0.3 is 4.55 Å². The van der Waals surface area contributed by atoms with Crippen LogP contribution < -0.4 is 4.57 Å². The molecule has 10 heteroatoms. The van der Waals surface area contributed by atoms with Crippen molar-refractivity contribution < 1.29 is 30.7 Å². The molecular weight excluding hydrogens is 455 g/mol. The van der Waals surface area contributed by atoms with E-state index >= 15 is 0 Å². The van der Waals surface area contributed by atoms with E-state index in [9.17, 15) is 13.2 Å². The Hall–Kier alpha value is -0.270. The largest absolute Gasteiger partial charge is 0.741 e. The Balaban J connectivity index is 0.000000261. The summed E-state index contributed by atoms with van der Waals surface area (Å²) in [7, 11) is -6.09. The average molecular weight is 469 g/mol. The Morgan fingerprint density at radius 3 is 2.32 bits per heavy atom. The second-order valence-corrected chi connectivity index (χ2v) is 9.87. The van der Waals surface area contributed by atoms with Crippen LogP contribution in [0.5, 0.6) is 0 Å². The van der Waals surface area contributed by atoms with Crippen LogP contribution >= 0.6 is 11.8 Å². The van der Waals surface area contributed by atoms with Gasteiger partial charge in [-0.2, -0.15) is 13.2 Å². The molecule has 0 saturated carbocycles. The van der Waals surface area contributed by atoms with Gasteiger partial charge in [0.15, 0.2) is 10.1 Å². The molecule has 2 rings (SSSR count). The van der Waals surface area contributed by atoms with Gasteiger partial charge >= 0.3 is 105 Å². The number of aromatic nitrogens is 1. The van der Waals surface area contributed by atoms with Crippen LogP contribution in [-0.4, -0.2) is 45.2 Å². The van der Waals surface area contributed by atoms with E-state index in [1.807, 2.05) is 11.8 Å². The molecule has 0 radical (unpaired) electrons. The molecule has 0 N–H and O–H groups in total. The predicted molar refractivity (Wildman–Crippen MR) is 79.0 cm³/mol. The van der Waals surface area contributed by atoms with Crippen LogP contribution in [-0.2, 0) is 16.7 Å². The van der Waals surface area contributed by atoms with E-state index in [-0.39, 0.29) is 20.4 Å². The van der Waals surface area contributed by atoms with E-state index in [4.69, 9.17) is 13.0 Å². The fourth-order valence-electron chi connectivity index (χ4n) is 1.70. The molecule has 0 aliphatic heterocycles. The van der Waals surface area contributed by atoms with Crippen molar-refractivity contribution >= 4 is 51.2 Å². The van der Waals surface area contributed by atoms with Gasteiger partial charge in [-0.05, 0) is 0 Å². The first-order valence-electron chi connectivity index (χ1n) is 6.00. The maximum absolute atomic E-state index is 10.7. The molecular formula is C12H14F3NO3S2Te. The number of rotatable bonds is 2. The Morgan fingerprint density at radius 2 is 1.91 bits per heavy atom. The molecule has 124 valence electrons. The molecule has 0 saturated heterocycles. The Bertz CT molecular complexity index is 757. The molecule has 4 nitrogen and oxygen atoms in total. The summed E-state index contributed by atoms with van der Waals surface area (Å²) in [6.07, 6.45) is 2.14. The number of hydrogen-bond donors (Lipinski definition) is 0. The molecule has 1 aromatic heterocycles. The van der Waals surface area contributed by atoms with Gasteiger partial charge in [0.25, 0.3) is 0 Å². The molecule has 0 unspecified atom stereocenters. The first-order chi connectivity index (χ1) is 10.0. The van der Waals surface area contributed by atoms with E-state index in [2.05, 4.69) is 42.9 Å². The zero-order valence-electron chi connectivity index (χ0n) is 12.0. The summed E-state index contributed by atoms with van der Waals surface area (Å²) in [4.78, 5) is 1.38. The summed E-state index contributed by atoms with van der Waals surface area (Å²) in [5, 5.41) is 0. The third-order valence-corrected chi connectivity index (χ3v) is 7.07. The fourth-order valence-corrected chi connectivity index (χ4v) is 5.17. The second-order valence-electron chi connectivity index (χ2n) is 4.10. The molecule has 2 aromatic rings. The van der Waals surface area contributed by atoms with Crippen molar-refractivity contribution in [2.75, 3.05) is 6.26 Å². The summed E-state index contributed by atoms with van der Waals surface area (Å²) < 4.78 is 64.6. The molecule has 0 aliphatic carbocycles. The Labute approximate surface area is 140 Å². The maximum atomic E-state index is 10.7. The van der Waals surface area contributed by atoms with Crippen molar-refractivity contribution in [3.05, 3.63) is 21.9 Å². The summed E-state index contributed by atoms with van der Waals surface area (Å²) in [6.45, 7) is 5.63. The summed E-state index contributed by atoms with van der Waals surface area (Å²) in [6, 6.07) is 6.91. The molecule has 0 aliphatic rings. The molecule has 1 heterocycles. The van der Waals surface area contributed by atoms with Gasteiger partial charge in [-0.25, -0.2) is 8.42 Å². The monoisotopic (exact) mass is 471 g/mol. The molecule has 0 fully saturated rings. The zero-order valence-corrected chi connectivity index (χ0v) is 15.9. The van der Waals surface area contributed by atoms with Gasteiger partial charge in [0.05, 0.1) is 0 Å². The molecule has 0 spiro atoms. The molecule has 0 amide bonds. The normalized spacial score (nSPS) is 12.1. The van der Waals surface area contributed by atoms with E-state index < -0.39 is 15.6 Å². The topological polar surface area (TPSA) is 61.1 Å². The number of fused-ring (bicyclic) bond motifs is 1. The van der Waals surface area contributed by atoms with Gasteiger partial charge in [0, 0.05) is 0 Å². The summed E-state index contributed by atoms with van der Waals surface area (Å²) >= 11 is 1.77. The van der Waals surface area contributed by atoms with Crippen molar-refractivity contribution in [3.8, 4) is 0 Å². The van der Waals surface area contributed by atoms with Crippen molar-refractivity contribution in [2.24, 2.45) is 0 Å². The number of aryl methyl sites for hydroxylation is 2. The maximum Gasteiger partial charge on any atom is 0.485 e. The van der Waals surface area contributed by atoms with E-state index in [1.54, 1.807) is 7.11 Å². The number of nitrogens with zero attached hydrogens (tertiary/aromatic N) is 1. The number of alkyl halides is 3. The fraction of sp³-hybridized carbons (Fsp3) is 0.417. The van der Waals surface area contributed by atoms with Gasteiger partial charge in [-0.15, -0.1) is 0 Å². The van der Waals surface area contributed by atoms with Crippen LogP contribution in [0.2, 0.25) is 0 Å². The van der Waals surface area contributed by atoms with E-state index in [1.165, 1.54) is 10.4 Å². The van der Waals surface area contributed by atoms with Crippen LogP contribution in [0.3, 0.4) is 0 Å². The van der Waals surface area contributed by atoms with Crippen molar-refractivity contribution in [2.45, 2.75) is 30.8 Å². The van der Waals surface area contributed by atoms with Crippen molar-refractivity contribution in [3.63, 3.8) is 0 Å². The van der Waals surface area contributed by atoms with Crippen molar-refractivity contribution in [1.29, 1.82) is 0 Å². The van der Waals surface area contributed by atoms with E-state index in [0.29, 0.717) is 0 Å². The molecule has 1 aromatic carbocycles. The molecule has 0 bridgehead atoms. The minimum atomic E-state index is -6.09. The number of hydrogen-bond acceptors (Lipinski definition) is 4. The third-order valence-electron chi connectivity index (χ3n) is 2.69. The number of thioether (sulfide) groups is 1. The second kappa shape index (κ2) is 7.53. The van der Waals surface area contributed by atoms with Crippen LogP contribution in [0.1, 0.15) is 10.6 Å². The van der Waals surface area contributed by atoms with Crippen LogP contribution in [0, 0.1) is 6.92 Å². The summed E-state index contributed by atoms with van der Waals surface area (Å²) in [5.41, 5.74) is -4.17. The van der Waals surface area contributed by atoms with Gasteiger partial charge in [0.2, 0.25) is 0 Å². The van der Waals surface area contributed by atoms with Crippen molar-refractivity contribution in [1.82, 2.24) is 0 Å². The zero-order chi connectivity index (χ0) is 17.1. The first-order valence-corrected chi connectivity index (χ1v) is 11.0. The molecule has 0 atom stereocenters. The van der Waals surface area contributed by atoms with Crippen LogP contribution in [0.25, 0.3) is 8.92 Å². The average Bonchev–Trinajstić information content (AvgIpc) is 2.71. The number of benzene rings is 1. The third kappa shape index (κ3) is 4.86. The SMILES string of the molecule is CC[n+]1c(C)[te]c2ccc(SC)cc21.O=S(=O)([O-])C(F)(F)F. The standard InChI is InChI=1S/C11H14NSTe.CHF3O3S/c1-4-12-8(2)14-11-6-5-9(13-3)7-10(11)12;2-1(3,4)8(5,6)7/h5-7H,4H2,1-3H3;(H,5,6,7)/q+1;/p-1. The minimum absolute atomic E-state index is 0.0524. The first kappa shape index (κ1) is 19.8. The Morgan fingerprint density at radius 1 is 1.36 bits per heavy atom. The Kier molecular flexibility index (Phi) is 6.77. The van der Waals surface area contributed by atoms with Gasteiger partial charge in [-0.1, -0.05) is 0 Å². The van der Waals surface area contributed by atoms with Gasteiger partial charge in [-0.3, -0.25) is 0 Å². The predicted octanol–water partition coefficient (Wildman–Crippen LogP) is 2.29. The van der Waals surface area contributed by atoms with Crippen LogP contribution in [0.4, 0.5) is 13.2 Å². The van der Waals surface area contributed by atoms with Crippen LogP contribution in [0.15, 0.2) is 23.1 Å². The van der Waals surface area contributed by atoms with Gasteiger partial charge in [0.1, 0.15) is 0 Å². The summed E-state index contributed by atoms with van der Waals surface area (Å²) in [5.74, 6) is 0. The molecule has 22 heavy (non-hydrogen) atoms. The smallest absolute Gasteiger partial charge is 0.485 e. The minimum Gasteiger partial charge on any atom is -0.741 e.